The summed E-state index contributed by atoms with van der Waals surface area (Å²) < 4.78 is 13.1. The van der Waals surface area contributed by atoms with Crippen molar-refractivity contribution < 1.29 is 18.8 Å². The highest BCUT2D eigenvalue weighted by Crippen LogP contribution is 2.31. The summed E-state index contributed by atoms with van der Waals surface area (Å²) in [5, 5.41) is 2.79. The predicted molar refractivity (Wildman–Crippen MR) is 85.8 cm³/mol. The Labute approximate surface area is 139 Å². The van der Waals surface area contributed by atoms with Gasteiger partial charge in [-0.05, 0) is 30.7 Å². The fourth-order valence-corrected chi connectivity index (χ4v) is 3.20. The molecule has 0 bridgehead atoms. The van der Waals surface area contributed by atoms with Gasteiger partial charge in [-0.25, -0.2) is 14.1 Å². The van der Waals surface area contributed by atoms with Gasteiger partial charge in [0.1, 0.15) is 11.9 Å². The van der Waals surface area contributed by atoms with Gasteiger partial charge in [0.25, 0.3) is 5.91 Å². The van der Waals surface area contributed by atoms with Gasteiger partial charge in [0, 0.05) is 12.0 Å². The number of nitrogens with one attached hydrogen (secondary N) is 1. The quantitative estimate of drug-likeness (QED) is 0.853. The zero-order valence-electron chi connectivity index (χ0n) is 13.9. The molecule has 1 N–H and O–H groups in total. The van der Waals surface area contributed by atoms with E-state index in [1.165, 1.54) is 24.3 Å². The van der Waals surface area contributed by atoms with Crippen LogP contribution in [0.2, 0.25) is 0 Å². The summed E-state index contributed by atoms with van der Waals surface area (Å²) in [6.45, 7) is 5.82. The van der Waals surface area contributed by atoms with Gasteiger partial charge in [-0.15, -0.1) is 0 Å². The number of rotatable bonds is 1. The number of urea groups is 1. The first kappa shape index (κ1) is 16.4. The van der Waals surface area contributed by atoms with Crippen molar-refractivity contribution in [3.8, 4) is 0 Å². The molecule has 0 aromatic heterocycles. The highest BCUT2D eigenvalue weighted by Gasteiger charge is 2.51. The molecule has 2 atom stereocenters. The number of carbonyl (C=O) groups is 3. The fourth-order valence-electron chi connectivity index (χ4n) is 3.20. The van der Waals surface area contributed by atoms with E-state index < -0.39 is 29.2 Å². The van der Waals surface area contributed by atoms with Gasteiger partial charge in [-0.3, -0.25) is 9.59 Å². The van der Waals surface area contributed by atoms with Crippen LogP contribution in [0.3, 0.4) is 0 Å². The van der Waals surface area contributed by atoms with Gasteiger partial charge < -0.3 is 10.2 Å². The standard InChI is InChI=1S/C17H20FN3O3/c1-17(2,3)15(23)20-9-8-12-13(20)14(22)21(16(24)19-12)11-6-4-10(18)5-7-11/h4-7,12-13H,8-9H2,1-3H3,(H,19,24)/t12-,13+/m1/s1. The number of likely N-dealkylation sites (tertiary alicyclic amines) is 1. The lowest BCUT2D eigenvalue weighted by Gasteiger charge is -2.38. The number of anilines is 1. The average Bonchev–Trinajstić information content (AvgIpc) is 2.91. The second-order valence-corrected chi connectivity index (χ2v) is 7.19. The monoisotopic (exact) mass is 333 g/mol. The number of benzene rings is 1. The van der Waals surface area contributed by atoms with Gasteiger partial charge in [-0.2, -0.15) is 0 Å². The molecule has 2 aliphatic rings. The first-order valence-electron chi connectivity index (χ1n) is 7.91. The first-order chi connectivity index (χ1) is 11.2. The van der Waals surface area contributed by atoms with E-state index in [1.54, 1.807) is 25.7 Å². The maximum Gasteiger partial charge on any atom is 0.329 e. The van der Waals surface area contributed by atoms with Gasteiger partial charge in [-0.1, -0.05) is 20.8 Å². The molecule has 2 fully saturated rings. The van der Waals surface area contributed by atoms with Crippen LogP contribution in [0.5, 0.6) is 0 Å². The molecule has 2 aliphatic heterocycles. The number of hydrogen-bond acceptors (Lipinski definition) is 3. The van der Waals surface area contributed by atoms with Crippen LogP contribution in [0.15, 0.2) is 24.3 Å². The van der Waals surface area contributed by atoms with Gasteiger partial charge in [0.15, 0.2) is 0 Å². The highest BCUT2D eigenvalue weighted by atomic mass is 19.1. The van der Waals surface area contributed by atoms with Crippen molar-refractivity contribution in [1.29, 1.82) is 0 Å². The van der Waals surface area contributed by atoms with E-state index in [9.17, 15) is 18.8 Å². The second-order valence-electron chi connectivity index (χ2n) is 7.19. The van der Waals surface area contributed by atoms with Crippen LogP contribution < -0.4 is 10.2 Å². The minimum absolute atomic E-state index is 0.126. The summed E-state index contributed by atoms with van der Waals surface area (Å²) in [5.74, 6) is -1.03. The first-order valence-corrected chi connectivity index (χ1v) is 7.91. The van der Waals surface area contributed by atoms with Crippen molar-refractivity contribution in [1.82, 2.24) is 10.2 Å². The van der Waals surface area contributed by atoms with E-state index in [-0.39, 0.29) is 17.6 Å². The van der Waals surface area contributed by atoms with Crippen molar-refractivity contribution in [2.24, 2.45) is 5.41 Å². The summed E-state index contributed by atoms with van der Waals surface area (Å²) in [6, 6.07) is 3.48. The Balaban J connectivity index is 1.93. The molecule has 2 saturated heterocycles. The van der Waals surface area contributed by atoms with Crippen LogP contribution in [0.4, 0.5) is 14.9 Å². The van der Waals surface area contributed by atoms with E-state index in [4.69, 9.17) is 0 Å². The molecule has 2 heterocycles. The summed E-state index contributed by atoms with van der Waals surface area (Å²) in [6.07, 6.45) is 0.543. The molecular formula is C17H20FN3O3. The van der Waals surface area contributed by atoms with Gasteiger partial charge in [0.2, 0.25) is 5.91 Å². The SMILES string of the molecule is CC(C)(C)C(=O)N1CC[C@H]2NC(=O)N(c3ccc(F)cc3)C(=O)[C@H]21. The predicted octanol–water partition coefficient (Wildman–Crippen LogP) is 1.90. The lowest BCUT2D eigenvalue weighted by atomic mass is 9.93. The Bertz CT molecular complexity index is 696. The maximum atomic E-state index is 13.1. The number of nitrogens with zero attached hydrogens (tertiary/aromatic N) is 2. The summed E-state index contributed by atoms with van der Waals surface area (Å²) in [7, 11) is 0. The molecule has 6 nitrogen and oxygen atoms in total. The molecule has 128 valence electrons. The largest absolute Gasteiger partial charge is 0.332 e. The molecule has 1 aromatic carbocycles. The fraction of sp³-hybridized carbons (Fsp3) is 0.471. The normalized spacial score (nSPS) is 24.0. The van der Waals surface area contributed by atoms with Crippen LogP contribution in [0, 0.1) is 11.2 Å². The summed E-state index contributed by atoms with van der Waals surface area (Å²) >= 11 is 0. The molecule has 0 aliphatic carbocycles. The van der Waals surface area contributed by atoms with Crippen LogP contribution in [-0.2, 0) is 9.59 Å². The van der Waals surface area contributed by atoms with Crippen molar-refractivity contribution in [2.45, 2.75) is 39.3 Å². The number of halogens is 1. The van der Waals surface area contributed by atoms with Crippen LogP contribution >= 0.6 is 0 Å². The molecule has 0 spiro atoms. The zero-order chi connectivity index (χ0) is 17.6. The minimum atomic E-state index is -0.723. The molecule has 7 heteroatoms. The van der Waals surface area contributed by atoms with Gasteiger partial charge in [0.05, 0.1) is 11.7 Å². The van der Waals surface area contributed by atoms with Crippen LogP contribution in [-0.4, -0.2) is 41.4 Å². The molecule has 0 unspecified atom stereocenters. The summed E-state index contributed by atoms with van der Waals surface area (Å²) in [5.41, 5.74) is -0.329. The van der Waals surface area contributed by atoms with Crippen molar-refractivity contribution >= 4 is 23.5 Å². The number of fused-ring (bicyclic) bond motifs is 1. The number of imide groups is 1. The second kappa shape index (κ2) is 5.58. The van der Waals surface area contributed by atoms with Crippen LogP contribution in [0.1, 0.15) is 27.2 Å². The maximum absolute atomic E-state index is 13.1. The Hall–Kier alpha value is -2.44. The van der Waals surface area contributed by atoms with Crippen molar-refractivity contribution in [3.05, 3.63) is 30.1 Å². The van der Waals surface area contributed by atoms with E-state index >= 15 is 0 Å². The van der Waals surface area contributed by atoms with Gasteiger partial charge >= 0.3 is 6.03 Å². The van der Waals surface area contributed by atoms with E-state index in [1.807, 2.05) is 0 Å². The molecule has 1 aromatic rings. The third-order valence-corrected chi connectivity index (χ3v) is 4.37. The molecule has 0 saturated carbocycles. The topological polar surface area (TPSA) is 69.7 Å². The molecule has 24 heavy (non-hydrogen) atoms. The Kier molecular flexibility index (Phi) is 3.81. The lowest BCUT2D eigenvalue weighted by Crippen LogP contribution is -2.65. The molecular weight excluding hydrogens is 313 g/mol. The zero-order valence-corrected chi connectivity index (χ0v) is 13.9. The third-order valence-electron chi connectivity index (χ3n) is 4.37. The third kappa shape index (κ3) is 2.64. The Morgan fingerprint density at radius 3 is 2.42 bits per heavy atom. The van der Waals surface area contributed by atoms with Crippen LogP contribution in [0.25, 0.3) is 0 Å². The highest BCUT2D eigenvalue weighted by molar-refractivity contribution is 6.19. The Morgan fingerprint density at radius 1 is 1.21 bits per heavy atom. The smallest absolute Gasteiger partial charge is 0.329 e. The Morgan fingerprint density at radius 2 is 1.83 bits per heavy atom. The molecule has 3 rings (SSSR count). The lowest BCUT2D eigenvalue weighted by molar-refractivity contribution is -0.144. The van der Waals surface area contributed by atoms with E-state index in [0.717, 1.165) is 4.90 Å². The van der Waals surface area contributed by atoms with Crippen molar-refractivity contribution in [2.75, 3.05) is 11.4 Å². The number of carbonyl (C=O) groups excluding carboxylic acids is 3. The minimum Gasteiger partial charge on any atom is -0.332 e. The number of hydrogen-bond donors (Lipinski definition) is 1. The molecule has 4 amide bonds. The summed E-state index contributed by atoms with van der Waals surface area (Å²) in [4.78, 5) is 40.4. The average molecular weight is 333 g/mol. The molecule has 0 radical (unpaired) electrons. The van der Waals surface area contributed by atoms with E-state index in [0.29, 0.717) is 13.0 Å². The number of amides is 4. The van der Waals surface area contributed by atoms with Crippen molar-refractivity contribution in [3.63, 3.8) is 0 Å². The van der Waals surface area contributed by atoms with E-state index in [2.05, 4.69) is 5.32 Å².